The number of carbonyl (C=O) groups is 2. The van der Waals surface area contributed by atoms with Gasteiger partial charge in [-0.15, -0.1) is 0 Å². The number of esters is 1. The van der Waals surface area contributed by atoms with Gasteiger partial charge in [-0.2, -0.15) is 5.26 Å². The monoisotopic (exact) mass is 449 g/mol. The second kappa shape index (κ2) is 9.47. The summed E-state index contributed by atoms with van der Waals surface area (Å²) < 4.78 is 6.79. The van der Waals surface area contributed by atoms with Crippen molar-refractivity contribution >= 4 is 34.4 Å². The number of aryl methyl sites for hydroxylation is 1. The summed E-state index contributed by atoms with van der Waals surface area (Å²) in [6.45, 7) is 3.83. The van der Waals surface area contributed by atoms with Crippen molar-refractivity contribution < 1.29 is 14.3 Å². The van der Waals surface area contributed by atoms with Crippen molar-refractivity contribution in [1.82, 2.24) is 4.57 Å². The van der Waals surface area contributed by atoms with Crippen LogP contribution in [0.4, 0.5) is 5.69 Å². The molecule has 6 nitrogen and oxygen atoms in total. The molecule has 0 unspecified atom stereocenters. The van der Waals surface area contributed by atoms with Crippen LogP contribution in [0.3, 0.4) is 0 Å². The van der Waals surface area contributed by atoms with E-state index in [9.17, 15) is 14.9 Å². The predicted octanol–water partition coefficient (Wildman–Crippen LogP) is 5.58. The lowest BCUT2D eigenvalue weighted by Crippen LogP contribution is -2.13. The Kier molecular flexibility index (Phi) is 6.28. The van der Waals surface area contributed by atoms with Crippen LogP contribution < -0.4 is 5.32 Å². The molecule has 0 atom stereocenters. The summed E-state index contributed by atoms with van der Waals surface area (Å²) in [5.74, 6) is -0.892. The number of methoxy groups -OCH3 is 1. The van der Waals surface area contributed by atoms with Crippen molar-refractivity contribution in [2.45, 2.75) is 13.8 Å². The van der Waals surface area contributed by atoms with E-state index in [0.29, 0.717) is 11.3 Å². The molecule has 0 fully saturated rings. The Morgan fingerprint density at radius 3 is 2.47 bits per heavy atom. The van der Waals surface area contributed by atoms with E-state index in [1.165, 1.54) is 7.11 Å². The number of nitrogens with zero attached hydrogens (tertiary/aromatic N) is 2. The number of rotatable bonds is 5. The third kappa shape index (κ3) is 4.45. The molecule has 1 aromatic heterocycles. The number of hydrogen-bond acceptors (Lipinski definition) is 4. The first-order valence-electron chi connectivity index (χ1n) is 10.7. The third-order valence-electron chi connectivity index (χ3n) is 5.67. The maximum atomic E-state index is 12.8. The molecule has 0 aliphatic carbocycles. The Hall–Kier alpha value is -4.63. The SMILES string of the molecule is COC(=O)c1cccc(-n2c(C)cc(/C=C(/C#N)C(=O)Nc3ccc4ccccc4c3)c2C)c1. The molecule has 0 radical (unpaired) electrons. The van der Waals surface area contributed by atoms with E-state index in [1.54, 1.807) is 24.3 Å². The quantitative estimate of drug-likeness (QED) is 0.245. The lowest BCUT2D eigenvalue weighted by Gasteiger charge is -2.11. The van der Waals surface area contributed by atoms with Gasteiger partial charge in [0.1, 0.15) is 11.6 Å². The highest BCUT2D eigenvalue weighted by Gasteiger charge is 2.15. The molecule has 0 bridgehead atoms. The molecule has 0 aliphatic heterocycles. The average Bonchev–Trinajstić information content (AvgIpc) is 3.14. The fourth-order valence-corrected chi connectivity index (χ4v) is 3.99. The Bertz CT molecular complexity index is 1490. The van der Waals surface area contributed by atoms with Crippen molar-refractivity contribution in [2.24, 2.45) is 0 Å². The molecule has 0 saturated carbocycles. The molecule has 1 amide bonds. The van der Waals surface area contributed by atoms with Gasteiger partial charge < -0.3 is 14.6 Å². The largest absolute Gasteiger partial charge is 0.465 e. The van der Waals surface area contributed by atoms with E-state index in [0.717, 1.165) is 33.4 Å². The lowest BCUT2D eigenvalue weighted by molar-refractivity contribution is -0.112. The normalized spacial score (nSPS) is 11.2. The van der Waals surface area contributed by atoms with Gasteiger partial charge in [0.05, 0.1) is 12.7 Å². The van der Waals surface area contributed by atoms with E-state index in [2.05, 4.69) is 5.32 Å². The van der Waals surface area contributed by atoms with E-state index >= 15 is 0 Å². The average molecular weight is 450 g/mol. The van der Waals surface area contributed by atoms with Gasteiger partial charge in [0.2, 0.25) is 0 Å². The van der Waals surface area contributed by atoms with Gasteiger partial charge >= 0.3 is 5.97 Å². The number of nitrogens with one attached hydrogen (secondary N) is 1. The topological polar surface area (TPSA) is 84.1 Å². The molecule has 1 heterocycles. The first kappa shape index (κ1) is 22.6. The van der Waals surface area contributed by atoms with E-state index in [-0.39, 0.29) is 5.57 Å². The smallest absolute Gasteiger partial charge is 0.337 e. The van der Waals surface area contributed by atoms with Gasteiger partial charge in [0.25, 0.3) is 5.91 Å². The third-order valence-corrected chi connectivity index (χ3v) is 5.67. The molecule has 4 aromatic rings. The van der Waals surface area contributed by atoms with Crippen LogP contribution in [0.1, 0.15) is 27.3 Å². The van der Waals surface area contributed by atoms with Crippen molar-refractivity contribution in [3.05, 3.63) is 101 Å². The second-order valence-electron chi connectivity index (χ2n) is 7.89. The van der Waals surface area contributed by atoms with Crippen LogP contribution in [0.5, 0.6) is 0 Å². The predicted molar refractivity (Wildman–Crippen MR) is 133 cm³/mol. The number of fused-ring (bicyclic) bond motifs is 1. The van der Waals surface area contributed by atoms with Crippen LogP contribution in [0.15, 0.2) is 78.4 Å². The summed E-state index contributed by atoms with van der Waals surface area (Å²) >= 11 is 0. The van der Waals surface area contributed by atoms with Crippen LogP contribution in [-0.4, -0.2) is 23.6 Å². The summed E-state index contributed by atoms with van der Waals surface area (Å²) in [6.07, 6.45) is 1.58. The number of aromatic nitrogens is 1. The van der Waals surface area contributed by atoms with Crippen LogP contribution in [0, 0.1) is 25.2 Å². The van der Waals surface area contributed by atoms with Crippen LogP contribution >= 0.6 is 0 Å². The van der Waals surface area contributed by atoms with E-state index < -0.39 is 11.9 Å². The zero-order chi connectivity index (χ0) is 24.2. The number of anilines is 1. The molecule has 0 spiro atoms. The fraction of sp³-hybridized carbons (Fsp3) is 0.107. The number of ether oxygens (including phenoxy) is 1. The Morgan fingerprint density at radius 2 is 1.74 bits per heavy atom. The molecule has 3 aromatic carbocycles. The number of amides is 1. The van der Waals surface area contributed by atoms with Crippen LogP contribution in [0.25, 0.3) is 22.5 Å². The highest BCUT2D eigenvalue weighted by molar-refractivity contribution is 6.10. The molecular weight excluding hydrogens is 426 g/mol. The summed E-state index contributed by atoms with van der Waals surface area (Å²) in [5.41, 5.74) is 4.33. The van der Waals surface area contributed by atoms with Gasteiger partial charge in [-0.25, -0.2) is 4.79 Å². The molecule has 34 heavy (non-hydrogen) atoms. The number of hydrogen-bond donors (Lipinski definition) is 1. The summed E-state index contributed by atoms with van der Waals surface area (Å²) in [4.78, 5) is 24.8. The maximum absolute atomic E-state index is 12.8. The molecule has 168 valence electrons. The molecule has 0 saturated heterocycles. The fourth-order valence-electron chi connectivity index (χ4n) is 3.99. The maximum Gasteiger partial charge on any atom is 0.337 e. The van der Waals surface area contributed by atoms with Gasteiger partial charge in [-0.3, -0.25) is 4.79 Å². The zero-order valence-corrected chi connectivity index (χ0v) is 19.1. The molecule has 0 aliphatic rings. The molecule has 4 rings (SSSR count). The zero-order valence-electron chi connectivity index (χ0n) is 19.1. The van der Waals surface area contributed by atoms with Gasteiger partial charge in [0, 0.05) is 22.8 Å². The number of benzene rings is 3. The van der Waals surface area contributed by atoms with Crippen LogP contribution in [-0.2, 0) is 9.53 Å². The van der Waals surface area contributed by atoms with Crippen LogP contribution in [0.2, 0.25) is 0 Å². The van der Waals surface area contributed by atoms with E-state index in [1.807, 2.05) is 79.1 Å². The minimum atomic E-state index is -0.477. The Balaban J connectivity index is 1.64. The summed E-state index contributed by atoms with van der Waals surface area (Å²) in [7, 11) is 1.34. The molecule has 1 N–H and O–H groups in total. The van der Waals surface area contributed by atoms with Gasteiger partial charge in [0.15, 0.2) is 0 Å². The molecular formula is C28H23N3O3. The second-order valence-corrected chi connectivity index (χ2v) is 7.89. The summed E-state index contributed by atoms with van der Waals surface area (Å²) in [6, 6.07) is 24.5. The minimum Gasteiger partial charge on any atom is -0.465 e. The standard InChI is InChI=1S/C28H23N3O3/c1-18-13-23(19(2)31(18)26-10-6-9-22(16-26)28(33)34-3)14-24(17-29)27(32)30-25-12-11-20-7-4-5-8-21(20)15-25/h4-16H,1-3H3,(H,30,32)/b24-14-. The highest BCUT2D eigenvalue weighted by Crippen LogP contribution is 2.24. The lowest BCUT2D eigenvalue weighted by atomic mass is 10.1. The van der Waals surface area contributed by atoms with Crippen molar-refractivity contribution in [3.63, 3.8) is 0 Å². The van der Waals surface area contributed by atoms with E-state index in [4.69, 9.17) is 4.74 Å². The van der Waals surface area contributed by atoms with Crippen molar-refractivity contribution in [2.75, 3.05) is 12.4 Å². The van der Waals surface area contributed by atoms with Crippen molar-refractivity contribution in [3.8, 4) is 11.8 Å². The van der Waals surface area contributed by atoms with Gasteiger partial charge in [-0.1, -0.05) is 36.4 Å². The van der Waals surface area contributed by atoms with Gasteiger partial charge in [-0.05, 0) is 72.7 Å². The number of carbonyl (C=O) groups excluding carboxylic acids is 2. The highest BCUT2D eigenvalue weighted by atomic mass is 16.5. The Labute approximate surface area is 197 Å². The minimum absolute atomic E-state index is 0.00304. The first-order valence-corrected chi connectivity index (χ1v) is 10.7. The Morgan fingerprint density at radius 1 is 0.971 bits per heavy atom. The first-order chi connectivity index (χ1) is 16.4. The summed E-state index contributed by atoms with van der Waals surface area (Å²) in [5, 5.41) is 14.6. The molecule has 6 heteroatoms. The van der Waals surface area contributed by atoms with Crippen molar-refractivity contribution in [1.29, 1.82) is 5.26 Å². The number of nitriles is 1.